The van der Waals surface area contributed by atoms with Crippen molar-refractivity contribution in [2.24, 2.45) is 5.92 Å². The average molecular weight is 403 g/mol. The van der Waals surface area contributed by atoms with Gasteiger partial charge in [0.2, 0.25) is 5.91 Å². The second-order valence-corrected chi connectivity index (χ2v) is 8.47. The molecule has 3 rings (SSSR count). The SMILES string of the molecule is N#CCSc1ccccc1NC(=O)CN1CCC(CCN2CCOCC2)CC1. The molecule has 0 radical (unpaired) electrons. The Hall–Kier alpha value is -1.59. The average Bonchev–Trinajstić information content (AvgIpc) is 2.73. The van der Waals surface area contributed by atoms with E-state index in [0.717, 1.165) is 55.9 Å². The molecule has 1 N–H and O–H groups in total. The molecule has 2 fully saturated rings. The largest absolute Gasteiger partial charge is 0.379 e. The van der Waals surface area contributed by atoms with E-state index in [4.69, 9.17) is 10.00 Å². The second-order valence-electron chi connectivity index (χ2n) is 7.45. The van der Waals surface area contributed by atoms with Crippen molar-refractivity contribution in [1.29, 1.82) is 5.26 Å². The number of carbonyl (C=O) groups is 1. The summed E-state index contributed by atoms with van der Waals surface area (Å²) < 4.78 is 5.41. The van der Waals surface area contributed by atoms with E-state index in [0.29, 0.717) is 12.3 Å². The van der Waals surface area contributed by atoms with Gasteiger partial charge in [-0.15, -0.1) is 11.8 Å². The van der Waals surface area contributed by atoms with E-state index >= 15 is 0 Å². The summed E-state index contributed by atoms with van der Waals surface area (Å²) >= 11 is 1.45. The first-order valence-electron chi connectivity index (χ1n) is 10.2. The predicted octanol–water partition coefficient (Wildman–Crippen LogP) is 2.68. The van der Waals surface area contributed by atoms with Gasteiger partial charge in [0, 0.05) is 18.0 Å². The molecular weight excluding hydrogens is 372 g/mol. The maximum Gasteiger partial charge on any atom is 0.238 e. The Kier molecular flexibility index (Phi) is 8.62. The molecule has 2 aliphatic heterocycles. The Morgan fingerprint density at radius 3 is 2.68 bits per heavy atom. The lowest BCUT2D eigenvalue weighted by molar-refractivity contribution is -0.117. The van der Waals surface area contributed by atoms with Crippen molar-refractivity contribution in [3.8, 4) is 6.07 Å². The molecule has 28 heavy (non-hydrogen) atoms. The zero-order chi connectivity index (χ0) is 19.6. The normalized spacial score (nSPS) is 19.2. The van der Waals surface area contributed by atoms with Gasteiger partial charge in [-0.2, -0.15) is 5.26 Å². The molecule has 0 aliphatic carbocycles. The van der Waals surface area contributed by atoms with Crippen LogP contribution in [0.2, 0.25) is 0 Å². The minimum absolute atomic E-state index is 0.0248. The molecule has 1 aromatic rings. The fourth-order valence-corrected chi connectivity index (χ4v) is 4.49. The van der Waals surface area contributed by atoms with Gasteiger partial charge in [0.15, 0.2) is 0 Å². The van der Waals surface area contributed by atoms with Crippen molar-refractivity contribution in [3.63, 3.8) is 0 Å². The highest BCUT2D eigenvalue weighted by molar-refractivity contribution is 7.99. The van der Waals surface area contributed by atoms with Crippen LogP contribution in [-0.2, 0) is 9.53 Å². The Bertz CT molecular complexity index is 665. The van der Waals surface area contributed by atoms with E-state index in [9.17, 15) is 4.79 Å². The number of rotatable bonds is 8. The molecule has 7 heteroatoms. The molecule has 0 saturated carbocycles. The summed E-state index contributed by atoms with van der Waals surface area (Å²) in [5.74, 6) is 1.17. The van der Waals surface area contributed by atoms with E-state index < -0.39 is 0 Å². The fourth-order valence-electron chi connectivity index (χ4n) is 3.82. The lowest BCUT2D eigenvalue weighted by Crippen LogP contribution is -2.41. The van der Waals surface area contributed by atoms with Crippen LogP contribution in [0.25, 0.3) is 0 Å². The molecule has 2 heterocycles. The number of benzene rings is 1. The van der Waals surface area contributed by atoms with Crippen molar-refractivity contribution >= 4 is 23.4 Å². The molecule has 0 aromatic heterocycles. The number of amides is 1. The Morgan fingerprint density at radius 1 is 1.18 bits per heavy atom. The first kappa shape index (κ1) is 21.1. The predicted molar refractivity (Wildman–Crippen MR) is 112 cm³/mol. The van der Waals surface area contributed by atoms with Crippen LogP contribution in [0.5, 0.6) is 0 Å². The molecule has 0 unspecified atom stereocenters. The summed E-state index contributed by atoms with van der Waals surface area (Å²) in [6, 6.07) is 9.81. The number of likely N-dealkylation sites (tertiary alicyclic amines) is 1. The number of nitriles is 1. The molecule has 1 amide bonds. The van der Waals surface area contributed by atoms with Crippen LogP contribution in [0.3, 0.4) is 0 Å². The minimum atomic E-state index is 0.0248. The van der Waals surface area contributed by atoms with Crippen molar-refractivity contribution in [3.05, 3.63) is 24.3 Å². The molecule has 6 nitrogen and oxygen atoms in total. The van der Waals surface area contributed by atoms with Crippen LogP contribution in [-0.4, -0.2) is 73.9 Å². The Labute approximate surface area is 172 Å². The minimum Gasteiger partial charge on any atom is -0.379 e. The standard InChI is InChI=1S/C21H30N4O2S/c22-8-16-28-20-4-2-1-3-19(20)23-21(26)17-25-10-6-18(7-11-25)5-9-24-12-14-27-15-13-24/h1-4,18H,5-7,9-17H2,(H,23,26). The van der Waals surface area contributed by atoms with Gasteiger partial charge in [-0.3, -0.25) is 14.6 Å². The fraction of sp³-hybridized carbons (Fsp3) is 0.619. The van der Waals surface area contributed by atoms with Gasteiger partial charge in [-0.1, -0.05) is 12.1 Å². The first-order valence-corrected chi connectivity index (χ1v) is 11.1. The van der Waals surface area contributed by atoms with E-state index in [-0.39, 0.29) is 5.91 Å². The number of thioether (sulfide) groups is 1. The van der Waals surface area contributed by atoms with Crippen LogP contribution in [0, 0.1) is 17.2 Å². The summed E-state index contributed by atoms with van der Waals surface area (Å²) in [7, 11) is 0. The quantitative estimate of drug-likeness (QED) is 0.675. The van der Waals surface area contributed by atoms with Gasteiger partial charge >= 0.3 is 0 Å². The molecule has 2 saturated heterocycles. The Balaban J connectivity index is 1.37. The monoisotopic (exact) mass is 402 g/mol. The summed E-state index contributed by atoms with van der Waals surface area (Å²) in [6.45, 7) is 7.45. The molecule has 0 bridgehead atoms. The van der Waals surface area contributed by atoms with E-state index in [1.807, 2.05) is 24.3 Å². The number of carbonyl (C=O) groups excluding carboxylic acids is 1. The van der Waals surface area contributed by atoms with Crippen LogP contribution in [0.1, 0.15) is 19.3 Å². The third-order valence-corrected chi connectivity index (χ3v) is 6.43. The van der Waals surface area contributed by atoms with Crippen molar-refractivity contribution < 1.29 is 9.53 Å². The van der Waals surface area contributed by atoms with Crippen LogP contribution < -0.4 is 5.32 Å². The third-order valence-electron chi connectivity index (χ3n) is 5.49. The summed E-state index contributed by atoms with van der Waals surface area (Å²) in [5, 5.41) is 11.8. The lowest BCUT2D eigenvalue weighted by atomic mass is 9.93. The van der Waals surface area contributed by atoms with Crippen LogP contribution >= 0.6 is 11.8 Å². The second kappa shape index (κ2) is 11.4. The topological polar surface area (TPSA) is 68.6 Å². The molecule has 0 spiro atoms. The Morgan fingerprint density at radius 2 is 1.93 bits per heavy atom. The van der Waals surface area contributed by atoms with Crippen molar-refractivity contribution in [1.82, 2.24) is 9.80 Å². The van der Waals surface area contributed by atoms with Gasteiger partial charge in [0.05, 0.1) is 37.3 Å². The molecule has 0 atom stereocenters. The number of nitrogens with one attached hydrogen (secondary N) is 1. The third kappa shape index (κ3) is 6.78. The number of anilines is 1. The smallest absolute Gasteiger partial charge is 0.238 e. The number of morpholine rings is 1. The van der Waals surface area contributed by atoms with Gasteiger partial charge in [0.25, 0.3) is 0 Å². The molecule has 1 aromatic carbocycles. The van der Waals surface area contributed by atoms with E-state index in [1.165, 1.54) is 37.6 Å². The highest BCUT2D eigenvalue weighted by atomic mass is 32.2. The number of hydrogen-bond acceptors (Lipinski definition) is 6. The molecule has 152 valence electrons. The number of piperidine rings is 1. The van der Waals surface area contributed by atoms with Gasteiger partial charge in [0.1, 0.15) is 0 Å². The van der Waals surface area contributed by atoms with Gasteiger partial charge in [-0.25, -0.2) is 0 Å². The highest BCUT2D eigenvalue weighted by Crippen LogP contribution is 2.27. The van der Waals surface area contributed by atoms with Gasteiger partial charge in [-0.05, 0) is 56.9 Å². The van der Waals surface area contributed by atoms with Crippen molar-refractivity contribution in [2.75, 3.05) is 63.6 Å². The van der Waals surface area contributed by atoms with E-state index in [1.54, 1.807) is 0 Å². The molecule has 2 aliphatic rings. The summed E-state index contributed by atoms with van der Waals surface area (Å²) in [6.07, 6.45) is 3.60. The number of hydrogen-bond donors (Lipinski definition) is 1. The van der Waals surface area contributed by atoms with Crippen LogP contribution in [0.4, 0.5) is 5.69 Å². The first-order chi connectivity index (χ1) is 13.7. The zero-order valence-electron chi connectivity index (χ0n) is 16.4. The molecular formula is C21H30N4O2S. The lowest BCUT2D eigenvalue weighted by Gasteiger charge is -2.33. The van der Waals surface area contributed by atoms with Crippen molar-refractivity contribution in [2.45, 2.75) is 24.2 Å². The number of ether oxygens (including phenoxy) is 1. The zero-order valence-corrected chi connectivity index (χ0v) is 17.3. The maximum atomic E-state index is 12.5. The number of para-hydroxylation sites is 1. The summed E-state index contributed by atoms with van der Waals surface area (Å²) in [4.78, 5) is 18.2. The highest BCUT2D eigenvalue weighted by Gasteiger charge is 2.22. The summed E-state index contributed by atoms with van der Waals surface area (Å²) in [5.41, 5.74) is 0.799. The number of nitrogens with zero attached hydrogens (tertiary/aromatic N) is 3. The maximum absolute atomic E-state index is 12.5. The van der Waals surface area contributed by atoms with Crippen LogP contribution in [0.15, 0.2) is 29.2 Å². The van der Waals surface area contributed by atoms with E-state index in [2.05, 4.69) is 21.2 Å². The van der Waals surface area contributed by atoms with Gasteiger partial charge < -0.3 is 10.1 Å².